The third-order valence-electron chi connectivity index (χ3n) is 3.70. The number of hydrogen-bond acceptors (Lipinski definition) is 5. The summed E-state index contributed by atoms with van der Waals surface area (Å²) in [5.74, 6) is -1.79. The van der Waals surface area contributed by atoms with Gasteiger partial charge in [0.25, 0.3) is 0 Å². The maximum atomic E-state index is 12.8. The van der Waals surface area contributed by atoms with E-state index in [1.165, 1.54) is 14.2 Å². The molecule has 5 nitrogen and oxygen atoms in total. The highest BCUT2D eigenvalue weighted by Crippen LogP contribution is 2.47. The van der Waals surface area contributed by atoms with Crippen LogP contribution < -0.4 is 0 Å². The Balaban J connectivity index is 2.46. The molecule has 1 atom stereocenters. The molecular weight excluding hydrogens is 364 g/mol. The molecule has 0 aromatic heterocycles. The molecule has 7 heteroatoms. The van der Waals surface area contributed by atoms with Crippen LogP contribution in [0.2, 0.25) is 5.02 Å². The van der Waals surface area contributed by atoms with E-state index in [4.69, 9.17) is 21.1 Å². The first kappa shape index (κ1) is 17.4. The fraction of sp³-hybridized carbons (Fsp3) is 0.111. The van der Waals surface area contributed by atoms with Crippen LogP contribution in [0.25, 0.3) is 0 Å². The molecule has 1 aliphatic rings. The molecule has 0 radical (unpaired) electrons. The molecule has 128 valence electrons. The Bertz CT molecular complexity index is 930. The summed E-state index contributed by atoms with van der Waals surface area (Å²) in [6.07, 6.45) is 0. The standard InChI is InChI=1S/C18H13ClO5S/c1-23-17(21)16(18(22)24-2)25-13-6-4-3-5-11(13)15(20)12-9-10(19)7-8-14(12)25/h3-9H,1-2H3. The van der Waals surface area contributed by atoms with Gasteiger partial charge in [0.15, 0.2) is 10.6 Å². The summed E-state index contributed by atoms with van der Waals surface area (Å²) in [6.45, 7) is 0. The predicted octanol–water partition coefficient (Wildman–Crippen LogP) is 3.09. The smallest absolute Gasteiger partial charge is 0.351 e. The fourth-order valence-corrected chi connectivity index (χ4v) is 5.13. The van der Waals surface area contributed by atoms with Crippen molar-refractivity contribution in [3.05, 3.63) is 58.6 Å². The highest BCUT2D eigenvalue weighted by molar-refractivity contribution is 8.18. The van der Waals surface area contributed by atoms with Crippen molar-refractivity contribution >= 4 is 44.7 Å². The number of esters is 2. The van der Waals surface area contributed by atoms with Crippen molar-refractivity contribution < 1.29 is 23.9 Å². The number of halogens is 1. The monoisotopic (exact) mass is 376 g/mol. The molecule has 0 fully saturated rings. The Hall–Kier alpha value is -2.44. The van der Waals surface area contributed by atoms with Gasteiger partial charge in [-0.15, -0.1) is 10.5 Å². The Labute approximate surface area is 151 Å². The zero-order chi connectivity index (χ0) is 18.1. The molecule has 2 aromatic carbocycles. The van der Waals surface area contributed by atoms with Gasteiger partial charge in [0.1, 0.15) is 0 Å². The molecule has 25 heavy (non-hydrogen) atoms. The quantitative estimate of drug-likeness (QED) is 0.390. The van der Waals surface area contributed by atoms with Gasteiger partial charge in [0, 0.05) is 25.9 Å². The van der Waals surface area contributed by atoms with E-state index in [0.29, 0.717) is 25.9 Å². The van der Waals surface area contributed by atoms with Gasteiger partial charge in [0.2, 0.25) is 0 Å². The molecule has 1 heterocycles. The molecule has 2 aromatic rings. The van der Waals surface area contributed by atoms with Crippen LogP contribution in [0.5, 0.6) is 0 Å². The average molecular weight is 377 g/mol. The Morgan fingerprint density at radius 2 is 1.52 bits per heavy atom. The van der Waals surface area contributed by atoms with Gasteiger partial charge >= 0.3 is 11.9 Å². The first-order valence-corrected chi connectivity index (χ1v) is 8.81. The first-order chi connectivity index (χ1) is 12.0. The second kappa shape index (κ2) is 6.82. The number of ether oxygens (including phenoxy) is 2. The third kappa shape index (κ3) is 2.88. The van der Waals surface area contributed by atoms with Crippen molar-refractivity contribution in [3.63, 3.8) is 0 Å². The Morgan fingerprint density at radius 1 is 0.920 bits per heavy atom. The maximum Gasteiger partial charge on any atom is 0.351 e. The normalized spacial score (nSPS) is 15.0. The van der Waals surface area contributed by atoms with Gasteiger partial charge in [-0.3, -0.25) is 4.79 Å². The lowest BCUT2D eigenvalue weighted by atomic mass is 10.0. The number of hydrogen-bond donors (Lipinski definition) is 0. The maximum absolute atomic E-state index is 12.8. The van der Waals surface area contributed by atoms with Gasteiger partial charge in [-0.05, 0) is 30.3 Å². The van der Waals surface area contributed by atoms with Crippen LogP contribution in [0.4, 0.5) is 0 Å². The summed E-state index contributed by atoms with van der Waals surface area (Å²) in [4.78, 5) is 38.4. The van der Waals surface area contributed by atoms with E-state index in [-0.39, 0.29) is 10.6 Å². The number of carbonyl (C=O) groups excluding carboxylic acids is 3. The Morgan fingerprint density at radius 3 is 2.16 bits per heavy atom. The highest BCUT2D eigenvalue weighted by atomic mass is 35.5. The number of carbonyl (C=O) groups is 3. The van der Waals surface area contributed by atoms with Crippen molar-refractivity contribution in [2.75, 3.05) is 14.2 Å². The number of ketones is 1. The topological polar surface area (TPSA) is 69.7 Å². The zero-order valence-corrected chi connectivity index (χ0v) is 14.9. The van der Waals surface area contributed by atoms with Gasteiger partial charge in [0.05, 0.1) is 14.2 Å². The van der Waals surface area contributed by atoms with Crippen LogP contribution in [0.1, 0.15) is 15.9 Å². The predicted molar refractivity (Wildman–Crippen MR) is 94.5 cm³/mol. The molecular formula is C18H13ClO5S. The summed E-state index contributed by atoms with van der Waals surface area (Å²) in [5, 5.41) is 0.396. The molecule has 1 aliphatic heterocycles. The number of rotatable bonds is 2. The second-order valence-corrected chi connectivity index (χ2v) is 7.42. The van der Waals surface area contributed by atoms with Crippen molar-refractivity contribution in [1.82, 2.24) is 0 Å². The van der Waals surface area contributed by atoms with E-state index in [2.05, 4.69) is 0 Å². The van der Waals surface area contributed by atoms with E-state index in [1.54, 1.807) is 42.5 Å². The van der Waals surface area contributed by atoms with Crippen molar-refractivity contribution in [3.8, 4) is 0 Å². The number of benzene rings is 2. The average Bonchev–Trinajstić information content (AvgIpc) is 2.64. The lowest BCUT2D eigenvalue weighted by molar-refractivity contribution is -0.137. The lowest BCUT2D eigenvalue weighted by Crippen LogP contribution is -2.28. The molecule has 0 bridgehead atoms. The van der Waals surface area contributed by atoms with Crippen LogP contribution in [-0.4, -0.2) is 36.8 Å². The summed E-state index contributed by atoms with van der Waals surface area (Å²) >= 11 is 6.04. The minimum absolute atomic E-state index is 0.159. The molecule has 0 amide bonds. The van der Waals surface area contributed by atoms with Gasteiger partial charge < -0.3 is 9.47 Å². The summed E-state index contributed by atoms with van der Waals surface area (Å²) in [6, 6.07) is 11.7. The van der Waals surface area contributed by atoms with Crippen LogP contribution in [0.3, 0.4) is 0 Å². The molecule has 3 rings (SSSR count). The molecule has 0 saturated heterocycles. The number of methoxy groups -OCH3 is 2. The Kier molecular flexibility index (Phi) is 4.74. The molecule has 0 N–H and O–H groups in total. The number of fused-ring (bicyclic) bond motifs is 2. The highest BCUT2D eigenvalue weighted by Gasteiger charge is 2.33. The third-order valence-corrected chi connectivity index (χ3v) is 6.27. The fourth-order valence-electron chi connectivity index (χ4n) is 2.61. The van der Waals surface area contributed by atoms with Gasteiger partial charge in [-0.2, -0.15) is 0 Å². The van der Waals surface area contributed by atoms with E-state index in [0.717, 1.165) is 0 Å². The summed E-state index contributed by atoms with van der Waals surface area (Å²) in [7, 11) is 1.25. The van der Waals surface area contributed by atoms with Crippen molar-refractivity contribution in [1.29, 1.82) is 0 Å². The SMILES string of the molecule is COC(=O)C(C(=O)OC)=S1c2ccccc2C(=O)c2cc(Cl)ccc21. The molecule has 0 saturated carbocycles. The van der Waals surface area contributed by atoms with E-state index in [1.807, 2.05) is 0 Å². The summed E-state index contributed by atoms with van der Waals surface area (Å²) < 4.78 is 9.58. The van der Waals surface area contributed by atoms with Gasteiger partial charge in [-0.1, -0.05) is 23.7 Å². The minimum atomic E-state index is -1.13. The zero-order valence-electron chi connectivity index (χ0n) is 13.4. The first-order valence-electron chi connectivity index (χ1n) is 7.20. The largest absolute Gasteiger partial charge is 0.465 e. The van der Waals surface area contributed by atoms with Crippen molar-refractivity contribution in [2.45, 2.75) is 9.79 Å². The molecule has 0 spiro atoms. The van der Waals surface area contributed by atoms with Crippen molar-refractivity contribution in [2.24, 2.45) is 0 Å². The van der Waals surface area contributed by atoms with Crippen LogP contribution in [0.15, 0.2) is 52.3 Å². The van der Waals surface area contributed by atoms with Crippen LogP contribution >= 0.6 is 22.1 Å². The minimum Gasteiger partial charge on any atom is -0.465 e. The molecule has 1 unspecified atom stereocenters. The molecule has 0 aliphatic carbocycles. The summed E-state index contributed by atoms with van der Waals surface area (Å²) in [5.41, 5.74) is 0.783. The lowest BCUT2D eigenvalue weighted by Gasteiger charge is -2.24. The van der Waals surface area contributed by atoms with Crippen LogP contribution in [0, 0.1) is 0 Å². The van der Waals surface area contributed by atoms with E-state index in [9.17, 15) is 14.4 Å². The van der Waals surface area contributed by atoms with Gasteiger partial charge in [-0.25, -0.2) is 9.59 Å². The van der Waals surface area contributed by atoms with Crippen LogP contribution in [-0.2, 0) is 19.1 Å². The van der Waals surface area contributed by atoms with E-state index >= 15 is 0 Å². The second-order valence-electron chi connectivity index (χ2n) is 5.08. The van der Waals surface area contributed by atoms with E-state index < -0.39 is 22.4 Å².